The maximum absolute atomic E-state index is 5.65. The van der Waals surface area contributed by atoms with Gasteiger partial charge < -0.3 is 0 Å². The molecule has 0 saturated heterocycles. The van der Waals surface area contributed by atoms with E-state index in [1.165, 1.54) is 0 Å². The molecule has 0 rings (SSSR count). The molecule has 0 aromatic heterocycles. The molecule has 0 saturated carbocycles. The molecule has 3 heteroatoms. The zero-order chi connectivity index (χ0) is 6.73. The molecule has 0 N–H and O–H groups in total. The second-order valence-electron chi connectivity index (χ2n) is 1.87. The molecule has 0 aromatic rings. The van der Waals surface area contributed by atoms with Gasteiger partial charge in [-0.05, 0) is 6.92 Å². The minimum atomic E-state index is -0.345. The van der Waals surface area contributed by atoms with Crippen molar-refractivity contribution in [3.63, 3.8) is 0 Å². The van der Waals surface area contributed by atoms with Crippen molar-refractivity contribution < 1.29 is 0 Å². The average Bonchev–Trinajstić information content (AvgIpc) is 1.64. The Labute approximate surface area is 65.1 Å². The van der Waals surface area contributed by atoms with Gasteiger partial charge in [0.15, 0.2) is 0 Å². The third-order valence-electron chi connectivity index (χ3n) is 1.12. The molecule has 0 bridgehead atoms. The zero-order valence-electron chi connectivity index (χ0n) is 4.87. The van der Waals surface area contributed by atoms with Crippen molar-refractivity contribution in [3.05, 3.63) is 0 Å². The van der Waals surface area contributed by atoms with Crippen LogP contribution in [0.5, 0.6) is 0 Å². The molecule has 50 valence electrons. The van der Waals surface area contributed by atoms with Gasteiger partial charge in [0, 0.05) is 11.3 Å². The third-order valence-corrected chi connectivity index (χ3v) is 2.31. The van der Waals surface area contributed by atoms with Crippen LogP contribution in [0, 0.1) is 5.92 Å². The van der Waals surface area contributed by atoms with Gasteiger partial charge in [-0.25, -0.2) is 0 Å². The molecule has 2 atom stereocenters. The largest absolute Gasteiger partial charge is 0.123 e. The highest BCUT2D eigenvalue weighted by atomic mass is 35.5. The molecule has 0 radical (unpaired) electrons. The Morgan fingerprint density at radius 3 is 1.38 bits per heavy atom. The van der Waals surface area contributed by atoms with Crippen molar-refractivity contribution in [1.82, 2.24) is 0 Å². The first-order chi connectivity index (χ1) is 3.55. The molecule has 0 aliphatic carbocycles. The van der Waals surface area contributed by atoms with E-state index < -0.39 is 0 Å². The van der Waals surface area contributed by atoms with E-state index in [0.29, 0.717) is 0 Å². The molecular formula is C5H9Cl3. The number of alkyl halides is 3. The topological polar surface area (TPSA) is 0 Å². The second-order valence-corrected chi connectivity index (χ2v) is 3.72. The molecule has 8 heavy (non-hydrogen) atoms. The standard InChI is InChI=1S/C5H9Cl3/c1-3(4(2)6)5(7)8/h3-5H,1-2H3. The smallest absolute Gasteiger partial charge is 0.111 e. The first-order valence-electron chi connectivity index (χ1n) is 2.48. The zero-order valence-corrected chi connectivity index (χ0v) is 7.13. The van der Waals surface area contributed by atoms with Crippen LogP contribution in [0.15, 0.2) is 0 Å². The number of rotatable bonds is 2. The summed E-state index contributed by atoms with van der Waals surface area (Å²) < 4.78 is 0. The Balaban J connectivity index is 3.46. The molecule has 2 unspecified atom stereocenters. The summed E-state index contributed by atoms with van der Waals surface area (Å²) in [4.78, 5) is -0.345. The van der Waals surface area contributed by atoms with Gasteiger partial charge in [-0.1, -0.05) is 6.92 Å². The summed E-state index contributed by atoms with van der Waals surface area (Å²) in [6.45, 7) is 3.80. The van der Waals surface area contributed by atoms with Crippen LogP contribution >= 0.6 is 34.8 Å². The van der Waals surface area contributed by atoms with Crippen LogP contribution in [0.3, 0.4) is 0 Å². The van der Waals surface area contributed by atoms with Gasteiger partial charge in [-0.15, -0.1) is 34.8 Å². The predicted octanol–water partition coefficient (Wildman–Crippen LogP) is 3.05. The van der Waals surface area contributed by atoms with E-state index in [9.17, 15) is 0 Å². The van der Waals surface area contributed by atoms with E-state index in [-0.39, 0.29) is 16.1 Å². The van der Waals surface area contributed by atoms with Crippen molar-refractivity contribution in [2.45, 2.75) is 24.1 Å². The van der Waals surface area contributed by atoms with Gasteiger partial charge in [-0.2, -0.15) is 0 Å². The fraction of sp³-hybridized carbons (Fsp3) is 1.00. The van der Waals surface area contributed by atoms with Crippen LogP contribution in [0.2, 0.25) is 0 Å². The molecule has 0 aromatic carbocycles. The Bertz CT molecular complexity index is 52.7. The molecule has 0 nitrogen and oxygen atoms in total. The highest BCUT2D eigenvalue weighted by Crippen LogP contribution is 2.21. The van der Waals surface area contributed by atoms with E-state index in [0.717, 1.165) is 0 Å². The van der Waals surface area contributed by atoms with E-state index in [4.69, 9.17) is 34.8 Å². The van der Waals surface area contributed by atoms with Crippen molar-refractivity contribution in [3.8, 4) is 0 Å². The van der Waals surface area contributed by atoms with Crippen LogP contribution in [-0.4, -0.2) is 10.2 Å². The Hall–Kier alpha value is 0.870. The maximum atomic E-state index is 5.65. The van der Waals surface area contributed by atoms with E-state index in [2.05, 4.69) is 0 Å². The van der Waals surface area contributed by atoms with Gasteiger partial charge in [0.25, 0.3) is 0 Å². The first kappa shape index (κ1) is 8.87. The van der Waals surface area contributed by atoms with Crippen molar-refractivity contribution in [1.29, 1.82) is 0 Å². The predicted molar refractivity (Wildman–Crippen MR) is 40.0 cm³/mol. The van der Waals surface area contributed by atoms with E-state index in [1.807, 2.05) is 13.8 Å². The van der Waals surface area contributed by atoms with Crippen LogP contribution in [0.1, 0.15) is 13.8 Å². The lowest BCUT2D eigenvalue weighted by molar-refractivity contribution is 0.614. The number of hydrogen-bond donors (Lipinski definition) is 0. The minimum Gasteiger partial charge on any atom is -0.123 e. The fourth-order valence-corrected chi connectivity index (χ4v) is 0.931. The van der Waals surface area contributed by atoms with Gasteiger partial charge >= 0.3 is 0 Å². The number of halogens is 3. The average molecular weight is 175 g/mol. The van der Waals surface area contributed by atoms with Gasteiger partial charge in [-0.3, -0.25) is 0 Å². The molecule has 0 aliphatic heterocycles. The number of hydrogen-bond acceptors (Lipinski definition) is 0. The molecular weight excluding hydrogens is 166 g/mol. The van der Waals surface area contributed by atoms with Crippen molar-refractivity contribution in [2.75, 3.05) is 0 Å². The lowest BCUT2D eigenvalue weighted by Gasteiger charge is -2.13. The van der Waals surface area contributed by atoms with E-state index >= 15 is 0 Å². The molecule has 0 heterocycles. The summed E-state index contributed by atoms with van der Waals surface area (Å²) in [6, 6.07) is 0. The van der Waals surface area contributed by atoms with Crippen molar-refractivity contribution >= 4 is 34.8 Å². The lowest BCUT2D eigenvalue weighted by atomic mass is 10.1. The SMILES string of the molecule is CC(Cl)C(C)C(Cl)Cl. The summed E-state index contributed by atoms with van der Waals surface area (Å²) in [5.41, 5.74) is 0. The second kappa shape index (κ2) is 3.81. The summed E-state index contributed by atoms with van der Waals surface area (Å²) in [7, 11) is 0. The van der Waals surface area contributed by atoms with Crippen LogP contribution in [0.4, 0.5) is 0 Å². The highest BCUT2D eigenvalue weighted by Gasteiger charge is 2.15. The maximum Gasteiger partial charge on any atom is 0.111 e. The summed E-state index contributed by atoms with van der Waals surface area (Å²) in [6.07, 6.45) is 0. The molecule has 0 fully saturated rings. The van der Waals surface area contributed by atoms with Gasteiger partial charge in [0.2, 0.25) is 0 Å². The molecule has 0 aliphatic rings. The van der Waals surface area contributed by atoms with Gasteiger partial charge in [0.05, 0.1) is 0 Å². The minimum absolute atomic E-state index is 0.0509. The third kappa shape index (κ3) is 3.01. The van der Waals surface area contributed by atoms with Crippen molar-refractivity contribution in [2.24, 2.45) is 5.92 Å². The van der Waals surface area contributed by atoms with Crippen LogP contribution in [-0.2, 0) is 0 Å². The molecule has 0 amide bonds. The Kier molecular flexibility index (Phi) is 4.23. The Morgan fingerprint density at radius 2 is 1.38 bits per heavy atom. The van der Waals surface area contributed by atoms with Gasteiger partial charge in [0.1, 0.15) is 4.84 Å². The quantitative estimate of drug-likeness (QED) is 0.566. The van der Waals surface area contributed by atoms with E-state index in [1.54, 1.807) is 0 Å². The normalized spacial score (nSPS) is 18.8. The Morgan fingerprint density at radius 1 is 1.00 bits per heavy atom. The summed E-state index contributed by atoms with van der Waals surface area (Å²) >= 11 is 16.7. The molecule has 0 spiro atoms. The highest BCUT2D eigenvalue weighted by molar-refractivity contribution is 6.44. The summed E-state index contributed by atoms with van der Waals surface area (Å²) in [5, 5.41) is 0.0509. The first-order valence-corrected chi connectivity index (χ1v) is 3.79. The van der Waals surface area contributed by atoms with Crippen LogP contribution < -0.4 is 0 Å². The lowest BCUT2D eigenvalue weighted by Crippen LogP contribution is -2.13. The fourth-order valence-electron chi connectivity index (χ4n) is 0.200. The monoisotopic (exact) mass is 174 g/mol. The van der Waals surface area contributed by atoms with Crippen LogP contribution in [0.25, 0.3) is 0 Å². The summed E-state index contributed by atoms with van der Waals surface area (Å²) in [5.74, 6) is 0.167.